The number of ketones is 1. The molecule has 21 heavy (non-hydrogen) atoms. The van der Waals surface area contributed by atoms with Gasteiger partial charge < -0.3 is 9.84 Å². The molecular formula is C16H21NO4. The number of rotatable bonds is 6. The lowest BCUT2D eigenvalue weighted by Crippen LogP contribution is -2.35. The van der Waals surface area contributed by atoms with Crippen molar-refractivity contribution in [1.82, 2.24) is 4.90 Å². The van der Waals surface area contributed by atoms with Crippen molar-refractivity contribution in [3.8, 4) is 5.75 Å². The molecular weight excluding hydrogens is 270 g/mol. The smallest absolute Gasteiger partial charge is 0.308 e. The highest BCUT2D eigenvalue weighted by Crippen LogP contribution is 2.24. The third kappa shape index (κ3) is 3.61. The first-order valence-corrected chi connectivity index (χ1v) is 7.20. The number of likely N-dealkylation sites (tertiary alicyclic amines) is 1. The van der Waals surface area contributed by atoms with Crippen LogP contribution in [0.1, 0.15) is 30.6 Å². The zero-order chi connectivity index (χ0) is 15.4. The summed E-state index contributed by atoms with van der Waals surface area (Å²) >= 11 is 0. The minimum absolute atomic E-state index is 0.0221. The van der Waals surface area contributed by atoms with E-state index in [-0.39, 0.29) is 17.7 Å². The molecule has 0 amide bonds. The van der Waals surface area contributed by atoms with E-state index in [0.29, 0.717) is 30.9 Å². The zero-order valence-electron chi connectivity index (χ0n) is 12.4. The molecule has 1 heterocycles. The molecule has 1 aromatic rings. The number of aliphatic carboxylic acids is 1. The molecule has 0 aromatic heterocycles. The van der Waals surface area contributed by atoms with Crippen molar-refractivity contribution in [2.45, 2.75) is 26.3 Å². The van der Waals surface area contributed by atoms with Crippen molar-refractivity contribution in [2.75, 3.05) is 19.7 Å². The molecule has 0 bridgehead atoms. The van der Waals surface area contributed by atoms with Gasteiger partial charge >= 0.3 is 5.97 Å². The molecule has 1 N–H and O–H groups in total. The van der Waals surface area contributed by atoms with Gasteiger partial charge in [0.05, 0.1) is 11.5 Å². The number of para-hydroxylation sites is 1. The fourth-order valence-electron chi connectivity index (χ4n) is 2.81. The van der Waals surface area contributed by atoms with E-state index >= 15 is 0 Å². The van der Waals surface area contributed by atoms with Crippen molar-refractivity contribution >= 4 is 11.8 Å². The molecule has 2 atom stereocenters. The molecule has 1 aliphatic heterocycles. The SMILES string of the molecule is CC(=O)c1ccccc1OCCN1CCC(C(=O)O)C1C. The van der Waals surface area contributed by atoms with E-state index in [4.69, 9.17) is 9.84 Å². The van der Waals surface area contributed by atoms with Gasteiger partial charge in [-0.25, -0.2) is 0 Å². The Kier molecular flexibility index (Phi) is 4.96. The zero-order valence-corrected chi connectivity index (χ0v) is 12.4. The molecule has 5 nitrogen and oxygen atoms in total. The largest absolute Gasteiger partial charge is 0.491 e. The Balaban J connectivity index is 1.88. The highest BCUT2D eigenvalue weighted by molar-refractivity contribution is 5.96. The topological polar surface area (TPSA) is 66.8 Å². The summed E-state index contributed by atoms with van der Waals surface area (Å²) in [5.41, 5.74) is 0.579. The maximum atomic E-state index is 11.5. The summed E-state index contributed by atoms with van der Waals surface area (Å²) in [5, 5.41) is 9.11. The van der Waals surface area contributed by atoms with Crippen LogP contribution >= 0.6 is 0 Å². The van der Waals surface area contributed by atoms with Gasteiger partial charge in [0.2, 0.25) is 0 Å². The monoisotopic (exact) mass is 291 g/mol. The Morgan fingerprint density at radius 3 is 2.71 bits per heavy atom. The van der Waals surface area contributed by atoms with Crippen LogP contribution in [-0.4, -0.2) is 47.5 Å². The number of benzene rings is 1. The van der Waals surface area contributed by atoms with Crippen LogP contribution in [0.4, 0.5) is 0 Å². The number of hydrogen-bond donors (Lipinski definition) is 1. The van der Waals surface area contributed by atoms with E-state index in [1.54, 1.807) is 12.1 Å². The van der Waals surface area contributed by atoms with E-state index in [1.807, 2.05) is 19.1 Å². The molecule has 0 aliphatic carbocycles. The average Bonchev–Trinajstić information content (AvgIpc) is 2.81. The Morgan fingerprint density at radius 2 is 2.10 bits per heavy atom. The van der Waals surface area contributed by atoms with Gasteiger partial charge in [0, 0.05) is 12.6 Å². The van der Waals surface area contributed by atoms with Crippen LogP contribution in [0.2, 0.25) is 0 Å². The maximum absolute atomic E-state index is 11.5. The maximum Gasteiger partial charge on any atom is 0.308 e. The number of carboxylic acid groups (broad SMARTS) is 1. The lowest BCUT2D eigenvalue weighted by atomic mass is 10.0. The molecule has 1 fully saturated rings. The fourth-order valence-corrected chi connectivity index (χ4v) is 2.81. The second kappa shape index (κ2) is 6.72. The molecule has 114 valence electrons. The summed E-state index contributed by atoms with van der Waals surface area (Å²) < 4.78 is 5.69. The van der Waals surface area contributed by atoms with Gasteiger partial charge in [0.1, 0.15) is 12.4 Å². The predicted molar refractivity (Wildman–Crippen MR) is 78.7 cm³/mol. The normalized spacial score (nSPS) is 22.2. The molecule has 1 aromatic carbocycles. The Bertz CT molecular complexity index is 529. The minimum atomic E-state index is -0.729. The van der Waals surface area contributed by atoms with Crippen LogP contribution in [0, 0.1) is 5.92 Å². The number of nitrogens with zero attached hydrogens (tertiary/aromatic N) is 1. The highest BCUT2D eigenvalue weighted by Gasteiger charge is 2.35. The van der Waals surface area contributed by atoms with Crippen LogP contribution in [0.25, 0.3) is 0 Å². The first-order chi connectivity index (χ1) is 10.0. The third-order valence-electron chi connectivity index (χ3n) is 4.11. The van der Waals surface area contributed by atoms with Crippen molar-refractivity contribution in [1.29, 1.82) is 0 Å². The second-order valence-electron chi connectivity index (χ2n) is 5.41. The van der Waals surface area contributed by atoms with Crippen LogP contribution in [0.15, 0.2) is 24.3 Å². The van der Waals surface area contributed by atoms with Crippen LogP contribution in [-0.2, 0) is 4.79 Å². The Labute approximate surface area is 124 Å². The van der Waals surface area contributed by atoms with Crippen molar-refractivity contribution < 1.29 is 19.4 Å². The molecule has 2 unspecified atom stereocenters. The van der Waals surface area contributed by atoms with E-state index in [9.17, 15) is 9.59 Å². The molecule has 1 saturated heterocycles. The number of Topliss-reactive ketones (excluding diaryl/α,β-unsaturated/α-hetero) is 1. The molecule has 0 radical (unpaired) electrons. The summed E-state index contributed by atoms with van der Waals surface area (Å²) in [7, 11) is 0. The summed E-state index contributed by atoms with van der Waals surface area (Å²) in [6.45, 7) is 5.34. The molecule has 1 aliphatic rings. The average molecular weight is 291 g/mol. The Hall–Kier alpha value is -1.88. The quantitative estimate of drug-likeness (QED) is 0.813. The van der Waals surface area contributed by atoms with E-state index in [1.165, 1.54) is 6.92 Å². The highest BCUT2D eigenvalue weighted by atomic mass is 16.5. The first-order valence-electron chi connectivity index (χ1n) is 7.20. The van der Waals surface area contributed by atoms with Gasteiger partial charge in [-0.15, -0.1) is 0 Å². The van der Waals surface area contributed by atoms with E-state index in [0.717, 1.165) is 6.54 Å². The number of ether oxygens (including phenoxy) is 1. The van der Waals surface area contributed by atoms with Crippen molar-refractivity contribution in [3.63, 3.8) is 0 Å². The Morgan fingerprint density at radius 1 is 1.38 bits per heavy atom. The van der Waals surface area contributed by atoms with Gasteiger partial charge in [-0.2, -0.15) is 0 Å². The van der Waals surface area contributed by atoms with Crippen molar-refractivity contribution in [3.05, 3.63) is 29.8 Å². The third-order valence-corrected chi connectivity index (χ3v) is 4.11. The lowest BCUT2D eigenvalue weighted by molar-refractivity contribution is -0.142. The summed E-state index contributed by atoms with van der Waals surface area (Å²) in [6, 6.07) is 7.19. The number of carboxylic acids is 1. The lowest BCUT2D eigenvalue weighted by Gasteiger charge is -2.23. The van der Waals surface area contributed by atoms with E-state index < -0.39 is 5.97 Å². The van der Waals surface area contributed by atoms with Gasteiger partial charge in [0.25, 0.3) is 0 Å². The molecule has 0 spiro atoms. The van der Waals surface area contributed by atoms with Gasteiger partial charge in [0.15, 0.2) is 5.78 Å². The molecule has 0 saturated carbocycles. The molecule has 5 heteroatoms. The first kappa shape index (κ1) is 15.5. The van der Waals surface area contributed by atoms with Crippen LogP contribution in [0.5, 0.6) is 5.75 Å². The van der Waals surface area contributed by atoms with Crippen LogP contribution in [0.3, 0.4) is 0 Å². The number of carbonyl (C=O) groups excluding carboxylic acids is 1. The summed E-state index contributed by atoms with van der Waals surface area (Å²) in [4.78, 5) is 24.7. The van der Waals surface area contributed by atoms with Gasteiger partial charge in [-0.1, -0.05) is 12.1 Å². The fraction of sp³-hybridized carbons (Fsp3) is 0.500. The number of carbonyl (C=O) groups is 2. The van der Waals surface area contributed by atoms with Crippen LogP contribution < -0.4 is 4.74 Å². The molecule has 2 rings (SSSR count). The predicted octanol–water partition coefficient (Wildman–Crippen LogP) is 2.06. The number of hydrogen-bond acceptors (Lipinski definition) is 4. The van der Waals surface area contributed by atoms with Gasteiger partial charge in [-0.3, -0.25) is 14.5 Å². The van der Waals surface area contributed by atoms with E-state index in [2.05, 4.69) is 4.90 Å². The van der Waals surface area contributed by atoms with Gasteiger partial charge in [-0.05, 0) is 38.9 Å². The summed E-state index contributed by atoms with van der Waals surface area (Å²) in [6.07, 6.45) is 0.681. The summed E-state index contributed by atoms with van der Waals surface area (Å²) in [5.74, 6) is -0.458. The van der Waals surface area contributed by atoms with Crippen molar-refractivity contribution in [2.24, 2.45) is 5.92 Å². The standard InChI is InChI=1S/C16H21NO4/c1-11-13(16(19)20)7-8-17(11)9-10-21-15-6-4-3-5-14(15)12(2)18/h3-6,11,13H,7-10H2,1-2H3,(H,19,20). The minimum Gasteiger partial charge on any atom is -0.491 e. The second-order valence-corrected chi connectivity index (χ2v) is 5.41.